The standard InChI is InChI=1S/C21H14Cl2N2O4S/c22-13-3-1-12(2-4-13)18-9-6-15(29-18)7-10-19(26)25-21(30)24-14-5-8-17(23)16(11-14)20(27)28/h1-11H,(H,27,28)(H2,24,25,26,30). The minimum Gasteiger partial charge on any atom is -0.478 e. The molecule has 3 N–H and O–H groups in total. The molecule has 0 saturated heterocycles. The summed E-state index contributed by atoms with van der Waals surface area (Å²) in [7, 11) is 0. The molecule has 0 saturated carbocycles. The van der Waals surface area contributed by atoms with Gasteiger partial charge >= 0.3 is 5.97 Å². The summed E-state index contributed by atoms with van der Waals surface area (Å²) in [6, 6.07) is 15.0. The van der Waals surface area contributed by atoms with E-state index in [2.05, 4.69) is 10.6 Å². The minimum absolute atomic E-state index is 0.00427. The van der Waals surface area contributed by atoms with Gasteiger partial charge in [0.25, 0.3) is 0 Å². The van der Waals surface area contributed by atoms with Crippen LogP contribution in [0.3, 0.4) is 0 Å². The smallest absolute Gasteiger partial charge is 0.337 e. The zero-order valence-electron chi connectivity index (χ0n) is 15.2. The Hall–Kier alpha value is -3.13. The molecule has 0 unspecified atom stereocenters. The molecule has 0 aliphatic rings. The summed E-state index contributed by atoms with van der Waals surface area (Å²) in [6.45, 7) is 0. The van der Waals surface area contributed by atoms with Gasteiger partial charge in [0.05, 0.1) is 10.6 Å². The van der Waals surface area contributed by atoms with E-state index in [9.17, 15) is 9.59 Å². The average molecular weight is 461 g/mol. The zero-order valence-corrected chi connectivity index (χ0v) is 17.5. The lowest BCUT2D eigenvalue weighted by Gasteiger charge is -2.09. The van der Waals surface area contributed by atoms with Gasteiger partial charge in [-0.15, -0.1) is 0 Å². The Morgan fingerprint density at radius 3 is 2.47 bits per heavy atom. The molecule has 0 bridgehead atoms. The van der Waals surface area contributed by atoms with Crippen molar-refractivity contribution in [1.29, 1.82) is 0 Å². The van der Waals surface area contributed by atoms with Crippen molar-refractivity contribution in [3.8, 4) is 11.3 Å². The number of halogens is 2. The third-order valence-electron chi connectivity index (χ3n) is 3.85. The molecule has 0 aliphatic carbocycles. The number of aromatic carboxylic acids is 1. The van der Waals surface area contributed by atoms with E-state index in [-0.39, 0.29) is 15.7 Å². The first kappa shape index (κ1) is 21.6. The lowest BCUT2D eigenvalue weighted by Crippen LogP contribution is -2.32. The molecule has 3 aromatic rings. The van der Waals surface area contributed by atoms with E-state index in [4.69, 9.17) is 44.9 Å². The molecule has 152 valence electrons. The molecule has 0 fully saturated rings. The van der Waals surface area contributed by atoms with E-state index in [0.29, 0.717) is 22.2 Å². The van der Waals surface area contributed by atoms with Gasteiger partial charge in [-0.05, 0) is 72.9 Å². The van der Waals surface area contributed by atoms with E-state index >= 15 is 0 Å². The van der Waals surface area contributed by atoms with Crippen LogP contribution < -0.4 is 10.6 Å². The second kappa shape index (κ2) is 9.58. The van der Waals surface area contributed by atoms with Crippen LogP contribution in [0.15, 0.2) is 65.1 Å². The van der Waals surface area contributed by atoms with Gasteiger partial charge in [0, 0.05) is 22.3 Å². The molecule has 2 aromatic carbocycles. The lowest BCUT2D eigenvalue weighted by atomic mass is 10.2. The number of thiocarbonyl (C=S) groups is 1. The Morgan fingerprint density at radius 1 is 1.03 bits per heavy atom. The molecule has 0 spiro atoms. The van der Waals surface area contributed by atoms with Crippen molar-refractivity contribution in [2.24, 2.45) is 0 Å². The Balaban J connectivity index is 1.58. The highest BCUT2D eigenvalue weighted by atomic mass is 35.5. The largest absolute Gasteiger partial charge is 0.478 e. The minimum atomic E-state index is -1.17. The summed E-state index contributed by atoms with van der Waals surface area (Å²) < 4.78 is 5.68. The van der Waals surface area contributed by atoms with Crippen molar-refractivity contribution in [3.63, 3.8) is 0 Å². The quantitative estimate of drug-likeness (QED) is 0.345. The first-order valence-corrected chi connectivity index (χ1v) is 9.67. The highest BCUT2D eigenvalue weighted by molar-refractivity contribution is 7.80. The average Bonchev–Trinajstić information content (AvgIpc) is 3.17. The molecule has 3 rings (SSSR count). The fourth-order valence-electron chi connectivity index (χ4n) is 2.45. The Morgan fingerprint density at radius 2 is 1.77 bits per heavy atom. The monoisotopic (exact) mass is 460 g/mol. The van der Waals surface area contributed by atoms with Crippen LogP contribution in [0.1, 0.15) is 16.1 Å². The highest BCUT2D eigenvalue weighted by Gasteiger charge is 2.10. The maximum atomic E-state index is 12.1. The molecule has 9 heteroatoms. The maximum Gasteiger partial charge on any atom is 0.337 e. The van der Waals surface area contributed by atoms with Gasteiger partial charge in [-0.1, -0.05) is 23.2 Å². The molecule has 1 aromatic heterocycles. The van der Waals surface area contributed by atoms with Gasteiger partial charge in [-0.3, -0.25) is 10.1 Å². The maximum absolute atomic E-state index is 12.1. The van der Waals surface area contributed by atoms with Crippen molar-refractivity contribution in [2.75, 3.05) is 5.32 Å². The number of rotatable bonds is 5. The van der Waals surface area contributed by atoms with Crippen LogP contribution in [-0.4, -0.2) is 22.1 Å². The van der Waals surface area contributed by atoms with Crippen molar-refractivity contribution in [2.45, 2.75) is 0 Å². The summed E-state index contributed by atoms with van der Waals surface area (Å²) in [5.41, 5.74) is 1.16. The SMILES string of the molecule is O=C(C=Cc1ccc(-c2ccc(Cl)cc2)o1)NC(=S)Nc1ccc(Cl)c(C(=O)O)c1. The molecule has 0 aliphatic heterocycles. The fraction of sp³-hybridized carbons (Fsp3) is 0. The van der Waals surface area contributed by atoms with Crippen LogP contribution in [0, 0.1) is 0 Å². The second-order valence-electron chi connectivity index (χ2n) is 5.99. The van der Waals surface area contributed by atoms with Crippen LogP contribution in [0.2, 0.25) is 10.0 Å². The number of carbonyl (C=O) groups excluding carboxylic acids is 1. The first-order chi connectivity index (χ1) is 14.3. The van der Waals surface area contributed by atoms with Gasteiger partial charge in [-0.25, -0.2) is 4.79 Å². The summed E-state index contributed by atoms with van der Waals surface area (Å²) in [4.78, 5) is 23.2. The normalized spacial score (nSPS) is 10.7. The number of hydrogen-bond donors (Lipinski definition) is 3. The molecule has 0 radical (unpaired) electrons. The van der Waals surface area contributed by atoms with Gasteiger partial charge in [0.1, 0.15) is 11.5 Å². The molecule has 6 nitrogen and oxygen atoms in total. The first-order valence-electron chi connectivity index (χ1n) is 8.50. The number of carbonyl (C=O) groups is 2. The summed E-state index contributed by atoms with van der Waals surface area (Å²) in [5.74, 6) is -0.527. The summed E-state index contributed by atoms with van der Waals surface area (Å²) in [5, 5.41) is 15.0. The second-order valence-corrected chi connectivity index (χ2v) is 7.24. The Bertz CT molecular complexity index is 1140. The van der Waals surface area contributed by atoms with E-state index in [0.717, 1.165) is 5.56 Å². The van der Waals surface area contributed by atoms with Gasteiger partial charge in [0.15, 0.2) is 5.11 Å². The Kier molecular flexibility index (Phi) is 6.89. The number of carboxylic acids is 1. The van der Waals surface area contributed by atoms with Crippen LogP contribution in [0.5, 0.6) is 0 Å². The molecule has 0 atom stereocenters. The molecule has 1 amide bonds. The van der Waals surface area contributed by atoms with Crippen molar-refractivity contribution < 1.29 is 19.1 Å². The van der Waals surface area contributed by atoms with E-state index in [1.807, 2.05) is 12.1 Å². The number of furan rings is 1. The number of anilines is 1. The van der Waals surface area contributed by atoms with Gasteiger partial charge in [-0.2, -0.15) is 0 Å². The van der Waals surface area contributed by atoms with Crippen molar-refractivity contribution in [3.05, 3.63) is 82.0 Å². The van der Waals surface area contributed by atoms with Crippen LogP contribution >= 0.6 is 35.4 Å². The van der Waals surface area contributed by atoms with E-state index in [1.165, 1.54) is 24.3 Å². The number of amides is 1. The number of benzene rings is 2. The van der Waals surface area contributed by atoms with Crippen LogP contribution in [0.25, 0.3) is 17.4 Å². The molecular formula is C21H14Cl2N2O4S. The van der Waals surface area contributed by atoms with E-state index in [1.54, 1.807) is 30.3 Å². The number of hydrogen-bond acceptors (Lipinski definition) is 4. The third kappa shape index (κ3) is 5.70. The van der Waals surface area contributed by atoms with Crippen LogP contribution in [0.4, 0.5) is 5.69 Å². The van der Waals surface area contributed by atoms with Gasteiger partial charge < -0.3 is 14.8 Å². The fourth-order valence-corrected chi connectivity index (χ4v) is 3.00. The number of nitrogens with one attached hydrogen (secondary N) is 2. The number of carboxylic acid groups (broad SMARTS) is 1. The summed E-state index contributed by atoms with van der Waals surface area (Å²) in [6.07, 6.45) is 2.77. The zero-order chi connectivity index (χ0) is 21.7. The third-order valence-corrected chi connectivity index (χ3v) is 4.63. The predicted molar refractivity (Wildman–Crippen MR) is 121 cm³/mol. The van der Waals surface area contributed by atoms with E-state index < -0.39 is 11.9 Å². The summed E-state index contributed by atoms with van der Waals surface area (Å²) >= 11 is 16.8. The highest BCUT2D eigenvalue weighted by Crippen LogP contribution is 2.24. The van der Waals surface area contributed by atoms with Crippen molar-refractivity contribution in [1.82, 2.24) is 5.32 Å². The molecule has 1 heterocycles. The topological polar surface area (TPSA) is 91.6 Å². The van der Waals surface area contributed by atoms with Gasteiger partial charge in [0.2, 0.25) is 5.91 Å². The van der Waals surface area contributed by atoms with Crippen molar-refractivity contribution >= 4 is 64.2 Å². The van der Waals surface area contributed by atoms with Crippen LogP contribution in [-0.2, 0) is 4.79 Å². The molecular weight excluding hydrogens is 447 g/mol. The lowest BCUT2D eigenvalue weighted by molar-refractivity contribution is -0.115. The Labute approximate surface area is 187 Å². The predicted octanol–water partition coefficient (Wildman–Crippen LogP) is 5.48. The molecule has 30 heavy (non-hydrogen) atoms.